The molecule has 6 aromatic rings. The molecule has 0 amide bonds. The number of fused-ring (bicyclic) bond motifs is 2. The van der Waals surface area contributed by atoms with Crippen LogP contribution < -0.4 is 0 Å². The van der Waals surface area contributed by atoms with Crippen LogP contribution >= 0.6 is 24.8 Å². The second-order valence-corrected chi connectivity index (χ2v) is 12.8. The molecular weight excluding hydrogens is 683 g/mol. The molecule has 45 heavy (non-hydrogen) atoms. The fourth-order valence-corrected chi connectivity index (χ4v) is 5.34. The van der Waals surface area contributed by atoms with Crippen LogP contribution in [0.3, 0.4) is 0 Å². The van der Waals surface area contributed by atoms with E-state index in [0.29, 0.717) is 0 Å². The van der Waals surface area contributed by atoms with E-state index in [1.165, 1.54) is 83.8 Å². The van der Waals surface area contributed by atoms with E-state index in [4.69, 9.17) is 0 Å². The number of hydrogen-bond acceptors (Lipinski definition) is 0. The molecule has 2 radical (unpaired) electrons. The standard InChI is InChI=1S/C20H21.C19H19.2CH3.2ClH.Si.Zr/c1-14-12-16-6-5-7-18(19(16)13-14)15-8-10-17(11-9-15)20(2,3)4;1-19(2,3)16-11-8-15(9-12-16)18-13-10-14-6-4-5-7-17(14)18;;;;;;/h5-13H,1-4H3;4-13H,1-3H3;2*1H3;2*1H;;/q4*-1;;;;. The summed E-state index contributed by atoms with van der Waals surface area (Å²) in [5.41, 5.74) is 9.78. The third-order valence-corrected chi connectivity index (χ3v) is 7.70. The summed E-state index contributed by atoms with van der Waals surface area (Å²) in [7, 11) is 0. The number of rotatable bonds is 2. The van der Waals surface area contributed by atoms with Crippen LogP contribution in [0.4, 0.5) is 0 Å². The first-order valence-corrected chi connectivity index (χ1v) is 18.5. The van der Waals surface area contributed by atoms with Crippen molar-refractivity contribution in [2.45, 2.75) is 59.3 Å². The Kier molecular flexibility index (Phi) is 17.3. The van der Waals surface area contributed by atoms with Gasteiger partial charge < -0.3 is 14.9 Å². The van der Waals surface area contributed by atoms with Crippen LogP contribution in [0.15, 0.2) is 115 Å². The maximum atomic E-state index is 3.06. The van der Waals surface area contributed by atoms with Crippen molar-refractivity contribution in [3.63, 3.8) is 0 Å². The summed E-state index contributed by atoms with van der Waals surface area (Å²) in [6.07, 6.45) is 0. The van der Waals surface area contributed by atoms with Crippen LogP contribution in [0, 0.1) is 21.8 Å². The summed E-state index contributed by atoms with van der Waals surface area (Å²) in [6.45, 7) is 18.7. The molecule has 0 aromatic heterocycles. The van der Waals surface area contributed by atoms with Crippen molar-refractivity contribution in [1.29, 1.82) is 0 Å². The Balaban J connectivity index is 0.000000753. The van der Waals surface area contributed by atoms with Gasteiger partial charge in [0.15, 0.2) is 0 Å². The van der Waals surface area contributed by atoms with Gasteiger partial charge >= 0.3 is 30.2 Å². The molecule has 6 aromatic carbocycles. The van der Waals surface area contributed by atoms with Gasteiger partial charge in [-0.3, -0.25) is 0 Å². The second kappa shape index (κ2) is 18.2. The van der Waals surface area contributed by atoms with E-state index in [1.807, 2.05) is 0 Å². The molecule has 4 heteroatoms. The van der Waals surface area contributed by atoms with Gasteiger partial charge in [-0.1, -0.05) is 120 Å². The average Bonchev–Trinajstić information content (AvgIpc) is 3.56. The van der Waals surface area contributed by atoms with Gasteiger partial charge in [-0.2, -0.15) is 6.07 Å². The second-order valence-electron chi connectivity index (χ2n) is 12.8. The molecule has 0 heterocycles. The molecule has 0 saturated carbocycles. The summed E-state index contributed by atoms with van der Waals surface area (Å²) >= 11 is 1.36. The third-order valence-electron chi connectivity index (χ3n) is 7.70. The SMILES string of the molecule is CC(C)(C)c1ccc(-c2c[cH-]c3ccccc23)cc1.Cc1cc2c(-c3ccc(C(C)(C)C)cc3)cccc2[cH-]1.Cl.Cl.[CH3-].[CH3-].[Si]=[Zr]. The summed E-state index contributed by atoms with van der Waals surface area (Å²) < 4.78 is 0. The van der Waals surface area contributed by atoms with Crippen LogP contribution in [-0.2, 0) is 34.2 Å². The first kappa shape index (κ1) is 42.8. The van der Waals surface area contributed by atoms with E-state index in [1.54, 1.807) is 0 Å². The molecule has 0 spiro atoms. The van der Waals surface area contributed by atoms with Crippen LogP contribution in [-0.4, -0.2) is 6.88 Å². The molecule has 0 atom stereocenters. The summed E-state index contributed by atoms with van der Waals surface area (Å²) in [6, 6.07) is 42.0. The Hall–Kier alpha value is -2.22. The molecule has 6 rings (SSSR count). The fourth-order valence-electron chi connectivity index (χ4n) is 5.34. The minimum atomic E-state index is 0. The minimum absolute atomic E-state index is 0. The van der Waals surface area contributed by atoms with Crippen LogP contribution in [0.2, 0.25) is 0 Å². The van der Waals surface area contributed by atoms with E-state index >= 15 is 0 Å². The van der Waals surface area contributed by atoms with Crippen molar-refractivity contribution < 1.29 is 23.3 Å². The molecule has 0 unspecified atom stereocenters. The molecule has 238 valence electrons. The monoisotopic (exact) mass is 728 g/mol. The molecule has 0 aliphatic carbocycles. The van der Waals surface area contributed by atoms with Gasteiger partial charge in [-0.05, 0) is 27.5 Å². The zero-order valence-electron chi connectivity index (χ0n) is 28.3. The number of benzene rings is 4. The summed E-state index contributed by atoms with van der Waals surface area (Å²) in [5.74, 6) is 0. The van der Waals surface area contributed by atoms with Gasteiger partial charge in [0.1, 0.15) is 0 Å². The average molecular weight is 731 g/mol. The Morgan fingerprint density at radius 1 is 0.556 bits per heavy atom. The molecule has 0 N–H and O–H groups in total. The van der Waals surface area contributed by atoms with Crippen LogP contribution in [0.1, 0.15) is 58.2 Å². The maximum absolute atomic E-state index is 3.06. The van der Waals surface area contributed by atoms with Crippen LogP contribution in [0.25, 0.3) is 43.8 Å². The van der Waals surface area contributed by atoms with Gasteiger partial charge in [-0.15, -0.1) is 106 Å². The number of aryl methyl sites for hydroxylation is 1. The zero-order chi connectivity index (χ0) is 29.8. The van der Waals surface area contributed by atoms with Crippen LogP contribution in [0.5, 0.6) is 0 Å². The Morgan fingerprint density at radius 3 is 1.53 bits per heavy atom. The van der Waals surface area contributed by atoms with Crippen molar-refractivity contribution >= 4 is 53.2 Å². The summed E-state index contributed by atoms with van der Waals surface area (Å²) in [4.78, 5) is 0. The molecule has 0 bridgehead atoms. The van der Waals surface area contributed by atoms with Gasteiger partial charge in [-0.25, -0.2) is 0 Å². The molecular formula is C41H48Cl2SiZr-4. The molecule has 0 aliphatic heterocycles. The molecule has 0 saturated heterocycles. The first-order valence-electron chi connectivity index (χ1n) is 14.3. The van der Waals surface area contributed by atoms with Gasteiger partial charge in [0, 0.05) is 0 Å². The predicted molar refractivity (Wildman–Crippen MR) is 205 cm³/mol. The molecule has 0 nitrogen and oxygen atoms in total. The Morgan fingerprint density at radius 2 is 1.02 bits per heavy atom. The number of halogens is 2. The Bertz CT molecular complexity index is 1730. The number of hydrogen-bond donors (Lipinski definition) is 0. The van der Waals surface area contributed by atoms with Crippen molar-refractivity contribution in [2.75, 3.05) is 0 Å². The molecule has 0 fully saturated rings. The van der Waals surface area contributed by atoms with Crippen molar-refractivity contribution in [2.24, 2.45) is 0 Å². The van der Waals surface area contributed by atoms with Crippen molar-refractivity contribution in [3.05, 3.63) is 147 Å². The zero-order valence-corrected chi connectivity index (χ0v) is 33.4. The van der Waals surface area contributed by atoms with Crippen molar-refractivity contribution in [1.82, 2.24) is 0 Å². The third kappa shape index (κ3) is 10.4. The van der Waals surface area contributed by atoms with Gasteiger partial charge in [0.05, 0.1) is 0 Å². The Labute approximate surface area is 302 Å². The van der Waals surface area contributed by atoms with Gasteiger partial charge in [0.2, 0.25) is 0 Å². The van der Waals surface area contributed by atoms with E-state index in [2.05, 4.69) is 171 Å². The summed E-state index contributed by atoms with van der Waals surface area (Å²) in [5, 5.41) is 5.34. The van der Waals surface area contributed by atoms with Gasteiger partial charge in [0.25, 0.3) is 0 Å². The van der Waals surface area contributed by atoms with E-state index in [9.17, 15) is 0 Å². The first-order chi connectivity index (χ1) is 19.5. The quantitative estimate of drug-likeness (QED) is 0.123. The van der Waals surface area contributed by atoms with E-state index in [-0.39, 0.29) is 50.5 Å². The van der Waals surface area contributed by atoms with E-state index < -0.39 is 0 Å². The van der Waals surface area contributed by atoms with E-state index in [0.717, 1.165) is 0 Å². The predicted octanol–water partition coefficient (Wildman–Crippen LogP) is 12.7. The topological polar surface area (TPSA) is 0 Å². The normalized spacial score (nSPS) is 10.4. The molecule has 0 aliphatic rings. The fraction of sp³-hybridized carbons (Fsp3) is 0.220. The van der Waals surface area contributed by atoms with Crippen molar-refractivity contribution in [3.8, 4) is 22.3 Å².